The summed E-state index contributed by atoms with van der Waals surface area (Å²) in [5, 5.41) is 10.9. The van der Waals surface area contributed by atoms with E-state index in [0.29, 0.717) is 0 Å². The molecule has 0 saturated heterocycles. The first-order valence-electron chi connectivity index (χ1n) is 3.25. The van der Waals surface area contributed by atoms with Crippen LogP contribution in [0.15, 0.2) is 12.1 Å². The van der Waals surface area contributed by atoms with E-state index < -0.39 is 4.92 Å². The van der Waals surface area contributed by atoms with Gasteiger partial charge in [0.1, 0.15) is 5.02 Å². The fourth-order valence-electron chi connectivity index (χ4n) is 0.908. The third-order valence-electron chi connectivity index (χ3n) is 1.49. The Balaban J connectivity index is 3.43. The standard InChI is InChI=1S/C7H4Cl3NO2/c8-3-4-5(9)1-2-6(10)7(4)11(12)13/h1-2H,3H2. The Morgan fingerprint density at radius 2 is 1.85 bits per heavy atom. The molecule has 1 rings (SSSR count). The number of nitrogens with zero attached hydrogens (tertiary/aromatic N) is 1. The molecule has 0 amide bonds. The lowest BCUT2D eigenvalue weighted by Crippen LogP contribution is -1.95. The van der Waals surface area contributed by atoms with Crippen LogP contribution in [-0.4, -0.2) is 4.92 Å². The SMILES string of the molecule is O=[N+]([O-])c1c(Cl)ccc(Cl)c1CCl. The lowest BCUT2D eigenvalue weighted by Gasteiger charge is -2.02. The Hall–Kier alpha value is -0.510. The second-order valence-corrected chi connectivity index (χ2v) is 3.33. The summed E-state index contributed by atoms with van der Waals surface area (Å²) in [6, 6.07) is 2.85. The molecule has 0 radical (unpaired) electrons. The molecule has 70 valence electrons. The number of halogens is 3. The van der Waals surface area contributed by atoms with Crippen molar-refractivity contribution in [3.63, 3.8) is 0 Å². The first kappa shape index (κ1) is 10.6. The molecule has 0 fully saturated rings. The van der Waals surface area contributed by atoms with Gasteiger partial charge in [0.05, 0.1) is 21.4 Å². The molecule has 0 atom stereocenters. The average molecular weight is 240 g/mol. The van der Waals surface area contributed by atoms with Crippen molar-refractivity contribution in [2.75, 3.05) is 0 Å². The van der Waals surface area contributed by atoms with Crippen LogP contribution in [0.1, 0.15) is 5.56 Å². The zero-order chi connectivity index (χ0) is 10.0. The lowest BCUT2D eigenvalue weighted by atomic mass is 10.2. The molecule has 0 aliphatic heterocycles. The largest absolute Gasteiger partial charge is 0.293 e. The van der Waals surface area contributed by atoms with Crippen molar-refractivity contribution in [3.05, 3.63) is 37.9 Å². The Labute approximate surface area is 89.4 Å². The molecule has 0 unspecified atom stereocenters. The van der Waals surface area contributed by atoms with E-state index in [9.17, 15) is 10.1 Å². The Bertz CT molecular complexity index is 354. The number of nitro benzene ring substituents is 1. The minimum absolute atomic E-state index is 0.0320. The van der Waals surface area contributed by atoms with Crippen molar-refractivity contribution >= 4 is 40.5 Å². The third kappa shape index (κ3) is 2.05. The zero-order valence-electron chi connectivity index (χ0n) is 6.26. The molecule has 0 aromatic heterocycles. The van der Waals surface area contributed by atoms with Gasteiger partial charge >= 0.3 is 0 Å². The Morgan fingerprint density at radius 3 is 2.23 bits per heavy atom. The maximum absolute atomic E-state index is 10.6. The van der Waals surface area contributed by atoms with Gasteiger partial charge in [-0.2, -0.15) is 0 Å². The number of hydrogen-bond donors (Lipinski definition) is 0. The minimum Gasteiger partial charge on any atom is -0.258 e. The lowest BCUT2D eigenvalue weighted by molar-refractivity contribution is -0.385. The highest BCUT2D eigenvalue weighted by atomic mass is 35.5. The molecular weight excluding hydrogens is 236 g/mol. The van der Waals surface area contributed by atoms with Crippen LogP contribution < -0.4 is 0 Å². The summed E-state index contributed by atoms with van der Waals surface area (Å²) >= 11 is 16.8. The van der Waals surface area contributed by atoms with Crippen LogP contribution in [0.3, 0.4) is 0 Å². The van der Waals surface area contributed by atoms with Gasteiger partial charge in [-0.25, -0.2) is 0 Å². The summed E-state index contributed by atoms with van der Waals surface area (Å²) in [4.78, 5) is 9.97. The van der Waals surface area contributed by atoms with Crippen molar-refractivity contribution < 1.29 is 4.92 Å². The number of nitro groups is 1. The highest BCUT2D eigenvalue weighted by Gasteiger charge is 2.20. The molecule has 0 N–H and O–H groups in total. The summed E-state index contributed by atoms with van der Waals surface area (Å²) in [6.45, 7) is 0. The number of rotatable bonds is 2. The smallest absolute Gasteiger partial charge is 0.258 e. The molecule has 0 spiro atoms. The maximum Gasteiger partial charge on any atom is 0.293 e. The quantitative estimate of drug-likeness (QED) is 0.450. The van der Waals surface area contributed by atoms with Crippen molar-refractivity contribution in [3.8, 4) is 0 Å². The van der Waals surface area contributed by atoms with E-state index in [1.54, 1.807) is 0 Å². The van der Waals surface area contributed by atoms with Crippen molar-refractivity contribution in [2.24, 2.45) is 0 Å². The molecule has 3 nitrogen and oxygen atoms in total. The monoisotopic (exact) mass is 239 g/mol. The summed E-state index contributed by atoms with van der Waals surface area (Å²) in [6.07, 6.45) is 0. The highest BCUT2D eigenvalue weighted by molar-refractivity contribution is 6.36. The van der Waals surface area contributed by atoms with E-state index in [1.807, 2.05) is 0 Å². The van der Waals surface area contributed by atoms with Crippen molar-refractivity contribution in [2.45, 2.75) is 5.88 Å². The highest BCUT2D eigenvalue weighted by Crippen LogP contribution is 2.34. The summed E-state index contributed by atoms with van der Waals surface area (Å²) < 4.78 is 0. The first-order chi connectivity index (χ1) is 6.07. The predicted molar refractivity (Wildman–Crippen MR) is 52.7 cm³/mol. The van der Waals surface area contributed by atoms with E-state index in [-0.39, 0.29) is 27.2 Å². The average Bonchev–Trinajstić information content (AvgIpc) is 2.07. The summed E-state index contributed by atoms with van der Waals surface area (Å²) in [5.74, 6) is -0.0320. The molecule has 0 saturated carbocycles. The Morgan fingerprint density at radius 1 is 1.31 bits per heavy atom. The summed E-state index contributed by atoms with van der Waals surface area (Å²) in [7, 11) is 0. The van der Waals surface area contributed by atoms with Gasteiger partial charge in [0.25, 0.3) is 5.69 Å². The van der Waals surface area contributed by atoms with E-state index in [2.05, 4.69) is 0 Å². The van der Waals surface area contributed by atoms with Crippen LogP contribution >= 0.6 is 34.8 Å². The van der Waals surface area contributed by atoms with Gasteiger partial charge in [-0.3, -0.25) is 10.1 Å². The fourth-order valence-corrected chi connectivity index (χ4v) is 1.71. The van der Waals surface area contributed by atoms with Gasteiger partial charge in [0.2, 0.25) is 0 Å². The van der Waals surface area contributed by atoms with Gasteiger partial charge in [-0.1, -0.05) is 23.2 Å². The minimum atomic E-state index is -0.591. The molecule has 6 heteroatoms. The zero-order valence-corrected chi connectivity index (χ0v) is 8.53. The van der Waals surface area contributed by atoms with Crippen LogP contribution in [0.5, 0.6) is 0 Å². The van der Waals surface area contributed by atoms with E-state index >= 15 is 0 Å². The second-order valence-electron chi connectivity index (χ2n) is 2.25. The normalized spacial score (nSPS) is 10.1. The second kappa shape index (κ2) is 4.13. The summed E-state index contributed by atoms with van der Waals surface area (Å²) in [5.41, 5.74) is 0.0324. The molecule has 0 bridgehead atoms. The van der Waals surface area contributed by atoms with Crippen LogP contribution in [0.2, 0.25) is 10.0 Å². The first-order valence-corrected chi connectivity index (χ1v) is 4.54. The molecule has 1 aromatic rings. The molecule has 13 heavy (non-hydrogen) atoms. The maximum atomic E-state index is 10.6. The van der Waals surface area contributed by atoms with Gasteiger partial charge in [-0.05, 0) is 12.1 Å². The van der Waals surface area contributed by atoms with Gasteiger partial charge in [-0.15, -0.1) is 11.6 Å². The predicted octanol–water partition coefficient (Wildman–Crippen LogP) is 3.64. The Kier molecular flexibility index (Phi) is 3.36. The number of hydrogen-bond acceptors (Lipinski definition) is 2. The van der Waals surface area contributed by atoms with Gasteiger partial charge in [0.15, 0.2) is 0 Å². The molecule has 0 heterocycles. The molecular formula is C7H4Cl3NO2. The van der Waals surface area contributed by atoms with E-state index in [1.165, 1.54) is 12.1 Å². The van der Waals surface area contributed by atoms with Gasteiger partial charge in [0, 0.05) is 0 Å². The van der Waals surface area contributed by atoms with Gasteiger partial charge < -0.3 is 0 Å². The molecule has 0 aliphatic rings. The number of alkyl halides is 1. The van der Waals surface area contributed by atoms with Crippen LogP contribution in [0, 0.1) is 10.1 Å². The van der Waals surface area contributed by atoms with Crippen LogP contribution in [0.25, 0.3) is 0 Å². The van der Waals surface area contributed by atoms with Crippen molar-refractivity contribution in [1.29, 1.82) is 0 Å². The third-order valence-corrected chi connectivity index (χ3v) is 2.42. The van der Waals surface area contributed by atoms with E-state index in [4.69, 9.17) is 34.8 Å². The van der Waals surface area contributed by atoms with Crippen LogP contribution in [-0.2, 0) is 5.88 Å². The fraction of sp³-hybridized carbons (Fsp3) is 0.143. The molecule has 1 aromatic carbocycles. The van der Waals surface area contributed by atoms with E-state index in [0.717, 1.165) is 0 Å². The topological polar surface area (TPSA) is 43.1 Å². The van der Waals surface area contributed by atoms with Crippen molar-refractivity contribution in [1.82, 2.24) is 0 Å². The molecule has 0 aliphatic carbocycles. The number of benzene rings is 1. The van der Waals surface area contributed by atoms with Crippen LogP contribution in [0.4, 0.5) is 5.69 Å².